The number of rotatable bonds is 7. The van der Waals surface area contributed by atoms with Crippen molar-refractivity contribution in [1.82, 2.24) is 5.32 Å². The first-order chi connectivity index (χ1) is 14.7. The van der Waals surface area contributed by atoms with Crippen molar-refractivity contribution in [1.29, 1.82) is 0 Å². The van der Waals surface area contributed by atoms with E-state index in [0.717, 1.165) is 17.5 Å². The van der Waals surface area contributed by atoms with Crippen LogP contribution < -0.4 is 9.62 Å². The van der Waals surface area contributed by atoms with Crippen LogP contribution >= 0.6 is 0 Å². The third-order valence-corrected chi connectivity index (χ3v) is 7.18. The Bertz CT molecular complexity index is 1160. The zero-order valence-electron chi connectivity index (χ0n) is 18.3. The summed E-state index contributed by atoms with van der Waals surface area (Å²) >= 11 is 0. The maximum Gasteiger partial charge on any atom is 0.264 e. The van der Waals surface area contributed by atoms with Crippen molar-refractivity contribution >= 4 is 21.6 Å². The minimum Gasteiger partial charge on any atom is -0.345 e. The van der Waals surface area contributed by atoms with Gasteiger partial charge >= 0.3 is 0 Å². The molecule has 0 unspecified atom stereocenters. The summed E-state index contributed by atoms with van der Waals surface area (Å²) in [4.78, 5) is 13.1. The highest BCUT2D eigenvalue weighted by Gasteiger charge is 2.23. The molecule has 0 saturated heterocycles. The lowest BCUT2D eigenvalue weighted by atomic mass is 10.0. The van der Waals surface area contributed by atoms with Crippen LogP contribution in [-0.2, 0) is 10.0 Å². The normalized spacial score (nSPS) is 12.3. The van der Waals surface area contributed by atoms with Gasteiger partial charge in [0.05, 0.1) is 16.6 Å². The van der Waals surface area contributed by atoms with Gasteiger partial charge in [-0.3, -0.25) is 9.10 Å². The summed E-state index contributed by atoms with van der Waals surface area (Å²) in [5.74, 6) is -0.186. The number of hydrogen-bond donors (Lipinski definition) is 1. The first kappa shape index (κ1) is 22.6. The summed E-state index contributed by atoms with van der Waals surface area (Å²) in [6.45, 7) is 5.74. The highest BCUT2D eigenvalue weighted by molar-refractivity contribution is 7.92. The Morgan fingerprint density at radius 1 is 0.968 bits per heavy atom. The summed E-state index contributed by atoms with van der Waals surface area (Å²) in [5.41, 5.74) is 3.78. The van der Waals surface area contributed by atoms with Gasteiger partial charge in [0.15, 0.2) is 0 Å². The molecule has 0 bridgehead atoms. The zero-order chi connectivity index (χ0) is 22.6. The van der Waals surface area contributed by atoms with Crippen LogP contribution in [0.5, 0.6) is 0 Å². The van der Waals surface area contributed by atoms with E-state index in [4.69, 9.17) is 0 Å². The number of nitrogens with one attached hydrogen (secondary N) is 1. The molecule has 1 amide bonds. The maximum absolute atomic E-state index is 13.0. The molecule has 0 heterocycles. The van der Waals surface area contributed by atoms with Gasteiger partial charge in [-0.1, -0.05) is 55.0 Å². The van der Waals surface area contributed by atoms with E-state index in [1.54, 1.807) is 42.5 Å². The number of anilines is 1. The molecular formula is C25H28N2O3S. The summed E-state index contributed by atoms with van der Waals surface area (Å²) in [6.07, 6.45) is 0.768. The van der Waals surface area contributed by atoms with Crippen molar-refractivity contribution in [3.63, 3.8) is 0 Å². The summed E-state index contributed by atoms with van der Waals surface area (Å²) < 4.78 is 27.3. The Morgan fingerprint density at radius 2 is 1.61 bits per heavy atom. The van der Waals surface area contributed by atoms with Gasteiger partial charge in [0, 0.05) is 12.6 Å². The minimum absolute atomic E-state index is 0.0849. The highest BCUT2D eigenvalue weighted by Crippen LogP contribution is 2.27. The summed E-state index contributed by atoms with van der Waals surface area (Å²) in [7, 11) is -2.16. The van der Waals surface area contributed by atoms with Crippen LogP contribution in [0, 0.1) is 13.8 Å². The fraction of sp³-hybridized carbons (Fsp3) is 0.240. The van der Waals surface area contributed by atoms with Crippen molar-refractivity contribution in [2.45, 2.75) is 38.1 Å². The van der Waals surface area contributed by atoms with Gasteiger partial charge in [0.25, 0.3) is 15.9 Å². The lowest BCUT2D eigenvalue weighted by Gasteiger charge is -2.22. The monoisotopic (exact) mass is 436 g/mol. The molecule has 31 heavy (non-hydrogen) atoms. The molecule has 0 spiro atoms. The Hall–Kier alpha value is -3.12. The van der Waals surface area contributed by atoms with Crippen molar-refractivity contribution in [2.24, 2.45) is 0 Å². The molecule has 0 radical (unpaired) electrons. The zero-order valence-corrected chi connectivity index (χ0v) is 19.1. The number of carbonyl (C=O) groups excluding carboxylic acids is 1. The number of aryl methyl sites for hydroxylation is 2. The number of carbonyl (C=O) groups is 1. The predicted molar refractivity (Wildman–Crippen MR) is 125 cm³/mol. The minimum atomic E-state index is -3.69. The molecule has 162 valence electrons. The van der Waals surface area contributed by atoms with Gasteiger partial charge in [-0.2, -0.15) is 0 Å². The van der Waals surface area contributed by atoms with Gasteiger partial charge in [-0.05, 0) is 61.7 Å². The molecule has 1 atom stereocenters. The van der Waals surface area contributed by atoms with Crippen LogP contribution in [0.2, 0.25) is 0 Å². The Kier molecular flexibility index (Phi) is 6.81. The van der Waals surface area contributed by atoms with Crippen molar-refractivity contribution < 1.29 is 13.2 Å². The lowest BCUT2D eigenvalue weighted by molar-refractivity contribution is 0.0935. The first-order valence-corrected chi connectivity index (χ1v) is 11.7. The number of sulfonamides is 1. The molecule has 0 saturated carbocycles. The quantitative estimate of drug-likeness (QED) is 0.566. The van der Waals surface area contributed by atoms with E-state index in [1.807, 2.05) is 51.1 Å². The van der Waals surface area contributed by atoms with Crippen LogP contribution in [0.25, 0.3) is 0 Å². The number of nitrogens with zero attached hydrogens (tertiary/aromatic N) is 1. The standard InChI is InChI=1S/C25H28N2O3S/c1-5-23(20-9-7-6-8-10-20)26-25(28)21-13-16-24(19(3)17-21)27(4)31(29,30)22-14-11-18(2)12-15-22/h6-17,23H,5H2,1-4H3,(H,26,28)/t23-/m0/s1. The molecule has 0 aliphatic heterocycles. The fourth-order valence-electron chi connectivity index (χ4n) is 3.50. The van der Waals surface area contributed by atoms with Gasteiger partial charge in [0.1, 0.15) is 0 Å². The largest absolute Gasteiger partial charge is 0.345 e. The predicted octanol–water partition coefficient (Wildman–Crippen LogP) is 5.01. The van der Waals surface area contributed by atoms with E-state index in [1.165, 1.54) is 11.4 Å². The molecule has 0 aliphatic rings. The Balaban J connectivity index is 1.82. The molecule has 0 fully saturated rings. The second-order valence-electron chi connectivity index (χ2n) is 7.63. The second-order valence-corrected chi connectivity index (χ2v) is 9.60. The third kappa shape index (κ3) is 4.97. The van der Waals surface area contributed by atoms with Gasteiger partial charge in [0.2, 0.25) is 0 Å². The van der Waals surface area contributed by atoms with Crippen LogP contribution in [0.1, 0.15) is 46.4 Å². The number of hydrogen-bond acceptors (Lipinski definition) is 3. The van der Waals surface area contributed by atoms with Crippen molar-refractivity contribution in [3.8, 4) is 0 Å². The molecule has 1 N–H and O–H groups in total. The average Bonchev–Trinajstić information content (AvgIpc) is 2.77. The van der Waals surface area contributed by atoms with Gasteiger partial charge < -0.3 is 5.32 Å². The molecule has 3 aromatic rings. The molecule has 0 aliphatic carbocycles. The summed E-state index contributed by atoms with van der Waals surface area (Å²) in [6, 6.07) is 21.6. The van der Waals surface area contributed by atoms with Gasteiger partial charge in [-0.25, -0.2) is 8.42 Å². The molecule has 5 nitrogen and oxygen atoms in total. The van der Waals surface area contributed by atoms with Crippen LogP contribution in [-0.4, -0.2) is 21.4 Å². The number of amides is 1. The van der Waals surface area contributed by atoms with E-state index >= 15 is 0 Å². The smallest absolute Gasteiger partial charge is 0.264 e. The fourth-order valence-corrected chi connectivity index (χ4v) is 4.76. The van der Waals surface area contributed by atoms with E-state index in [0.29, 0.717) is 16.8 Å². The Morgan fingerprint density at radius 3 is 2.19 bits per heavy atom. The highest BCUT2D eigenvalue weighted by atomic mass is 32.2. The molecule has 0 aromatic heterocycles. The van der Waals surface area contributed by atoms with Crippen LogP contribution in [0.3, 0.4) is 0 Å². The van der Waals surface area contributed by atoms with Crippen molar-refractivity contribution in [2.75, 3.05) is 11.4 Å². The molecular weight excluding hydrogens is 408 g/mol. The lowest BCUT2D eigenvalue weighted by Crippen LogP contribution is -2.29. The summed E-state index contributed by atoms with van der Waals surface area (Å²) in [5, 5.41) is 3.07. The third-order valence-electron chi connectivity index (χ3n) is 5.39. The van der Waals surface area contributed by atoms with E-state index in [9.17, 15) is 13.2 Å². The molecule has 3 aromatic carbocycles. The number of benzene rings is 3. The first-order valence-electron chi connectivity index (χ1n) is 10.3. The Labute approximate surface area is 184 Å². The van der Waals surface area contributed by atoms with Crippen molar-refractivity contribution in [3.05, 3.63) is 95.1 Å². The van der Waals surface area contributed by atoms with Crippen LogP contribution in [0.4, 0.5) is 5.69 Å². The molecule has 3 rings (SSSR count). The molecule has 6 heteroatoms. The van der Waals surface area contributed by atoms with E-state index in [-0.39, 0.29) is 16.8 Å². The topological polar surface area (TPSA) is 66.5 Å². The maximum atomic E-state index is 13.0. The van der Waals surface area contributed by atoms with Gasteiger partial charge in [-0.15, -0.1) is 0 Å². The van der Waals surface area contributed by atoms with Crippen LogP contribution in [0.15, 0.2) is 77.7 Å². The van der Waals surface area contributed by atoms with E-state index in [2.05, 4.69) is 5.32 Å². The SMILES string of the molecule is CC[C@H](NC(=O)c1ccc(N(C)S(=O)(=O)c2ccc(C)cc2)c(C)c1)c1ccccc1. The average molecular weight is 437 g/mol. The second kappa shape index (κ2) is 9.35. The van der Waals surface area contributed by atoms with E-state index < -0.39 is 10.0 Å².